The minimum absolute atomic E-state index is 0.0461. The number of aromatic amines is 1. The van der Waals surface area contributed by atoms with Gasteiger partial charge >= 0.3 is 0 Å². The maximum Gasteiger partial charge on any atom is 0.290 e. The van der Waals surface area contributed by atoms with E-state index in [9.17, 15) is 24.0 Å². The first-order chi connectivity index (χ1) is 19.8. The van der Waals surface area contributed by atoms with E-state index in [4.69, 9.17) is 23.2 Å². The van der Waals surface area contributed by atoms with Crippen molar-refractivity contribution in [3.8, 4) is 0 Å². The molecule has 2 aromatic rings. The van der Waals surface area contributed by atoms with Crippen molar-refractivity contribution in [2.75, 3.05) is 0 Å². The first kappa shape index (κ1) is 32.2. The fourth-order valence-corrected chi connectivity index (χ4v) is 6.80. The van der Waals surface area contributed by atoms with E-state index in [-0.39, 0.29) is 36.2 Å². The zero-order valence-corrected chi connectivity index (χ0v) is 26.1. The summed E-state index contributed by atoms with van der Waals surface area (Å²) in [6.07, 6.45) is 7.55. The fourth-order valence-electron chi connectivity index (χ4n) is 6.26. The number of carbonyl (C=O) groups is 5. The van der Waals surface area contributed by atoms with Gasteiger partial charge in [-0.15, -0.1) is 0 Å². The van der Waals surface area contributed by atoms with Gasteiger partial charge in [-0.05, 0) is 70.6 Å². The highest BCUT2D eigenvalue weighted by Crippen LogP contribution is 2.33. The van der Waals surface area contributed by atoms with Gasteiger partial charge < -0.3 is 15.6 Å². The number of benzene rings is 1. The summed E-state index contributed by atoms with van der Waals surface area (Å²) in [7, 11) is 0. The standard InChI is InChI=1S/C32H41Cl2N3O5/c1-32(2,3)37-31(42)29(40)26(13-19-10-7-11-27(19)38)36-30(41)20(12-18-8-5-4-6-9-18)14-28(39)25-17-22-23(34)15-21(33)16-24(22)35-25/h15-20,26,35H,4-14H2,1-3H3,(H,36,41)(H,37,42)/t19-,20+,26-/m0/s1. The van der Waals surface area contributed by atoms with E-state index in [0.29, 0.717) is 45.9 Å². The molecule has 2 amide bonds. The van der Waals surface area contributed by atoms with Crippen molar-refractivity contribution in [2.24, 2.45) is 17.8 Å². The maximum atomic E-state index is 13.9. The molecule has 2 fully saturated rings. The van der Waals surface area contributed by atoms with Crippen molar-refractivity contribution in [1.29, 1.82) is 0 Å². The Morgan fingerprint density at radius 2 is 1.69 bits per heavy atom. The molecule has 10 heteroatoms. The van der Waals surface area contributed by atoms with Gasteiger partial charge in [0.15, 0.2) is 5.78 Å². The molecule has 0 saturated heterocycles. The maximum absolute atomic E-state index is 13.9. The lowest BCUT2D eigenvalue weighted by atomic mass is 9.80. The molecule has 0 bridgehead atoms. The van der Waals surface area contributed by atoms with Gasteiger partial charge in [0.2, 0.25) is 11.7 Å². The summed E-state index contributed by atoms with van der Waals surface area (Å²) in [5.74, 6) is -3.03. The van der Waals surface area contributed by atoms with E-state index >= 15 is 0 Å². The Kier molecular flexibility index (Phi) is 10.5. The number of hydrogen-bond acceptors (Lipinski definition) is 5. The van der Waals surface area contributed by atoms with Crippen molar-refractivity contribution in [3.63, 3.8) is 0 Å². The largest absolute Gasteiger partial charge is 0.352 e. The van der Waals surface area contributed by atoms with E-state index < -0.39 is 35.1 Å². The average molecular weight is 619 g/mol. The zero-order valence-electron chi connectivity index (χ0n) is 24.6. The second-order valence-electron chi connectivity index (χ2n) is 13.0. The summed E-state index contributed by atoms with van der Waals surface area (Å²) in [6, 6.07) is 3.81. The third kappa shape index (κ3) is 8.44. The summed E-state index contributed by atoms with van der Waals surface area (Å²) in [5.41, 5.74) is 0.304. The highest BCUT2D eigenvalue weighted by Gasteiger charge is 2.37. The zero-order chi connectivity index (χ0) is 30.6. The van der Waals surface area contributed by atoms with E-state index in [1.165, 1.54) is 0 Å². The number of hydrogen-bond donors (Lipinski definition) is 3. The van der Waals surface area contributed by atoms with E-state index in [0.717, 1.165) is 38.5 Å². The highest BCUT2D eigenvalue weighted by molar-refractivity contribution is 6.39. The summed E-state index contributed by atoms with van der Waals surface area (Å²) < 4.78 is 0. The summed E-state index contributed by atoms with van der Waals surface area (Å²) in [4.78, 5) is 69.1. The predicted octanol–water partition coefficient (Wildman–Crippen LogP) is 6.36. The van der Waals surface area contributed by atoms with Crippen LogP contribution in [-0.2, 0) is 19.2 Å². The van der Waals surface area contributed by atoms with E-state index in [1.807, 2.05) is 0 Å². The van der Waals surface area contributed by atoms with Crippen molar-refractivity contribution >= 4 is 63.3 Å². The van der Waals surface area contributed by atoms with Crippen LogP contribution in [0.5, 0.6) is 0 Å². The number of fused-ring (bicyclic) bond motifs is 1. The molecule has 4 rings (SSSR count). The molecular formula is C32H41Cl2N3O5. The Labute approximate surface area is 257 Å². The van der Waals surface area contributed by atoms with Crippen LogP contribution in [0, 0.1) is 17.8 Å². The number of amides is 2. The van der Waals surface area contributed by atoms with Crippen molar-refractivity contribution in [1.82, 2.24) is 15.6 Å². The first-order valence-electron chi connectivity index (χ1n) is 15.0. The van der Waals surface area contributed by atoms with Gasteiger partial charge in [-0.3, -0.25) is 24.0 Å². The number of H-pyrrole nitrogens is 1. The quantitative estimate of drug-likeness (QED) is 0.200. The van der Waals surface area contributed by atoms with Gasteiger partial charge in [0.25, 0.3) is 5.91 Å². The minimum atomic E-state index is -1.15. The molecule has 3 atom stereocenters. The molecule has 228 valence electrons. The Morgan fingerprint density at radius 1 is 0.976 bits per heavy atom. The van der Waals surface area contributed by atoms with Gasteiger partial charge in [-0.1, -0.05) is 55.3 Å². The number of aromatic nitrogens is 1. The van der Waals surface area contributed by atoms with Gasteiger partial charge in [0, 0.05) is 46.1 Å². The monoisotopic (exact) mass is 617 g/mol. The molecule has 1 heterocycles. The molecule has 1 aromatic heterocycles. The Morgan fingerprint density at radius 3 is 2.33 bits per heavy atom. The molecule has 2 saturated carbocycles. The van der Waals surface area contributed by atoms with Crippen molar-refractivity contribution < 1.29 is 24.0 Å². The number of carbonyl (C=O) groups excluding carboxylic acids is 5. The second kappa shape index (κ2) is 13.7. The van der Waals surface area contributed by atoms with Crippen LogP contribution in [0.15, 0.2) is 18.2 Å². The average Bonchev–Trinajstić information content (AvgIpc) is 3.53. The van der Waals surface area contributed by atoms with Crippen molar-refractivity contribution in [2.45, 2.75) is 103 Å². The number of nitrogens with one attached hydrogen (secondary N) is 3. The molecule has 2 aliphatic carbocycles. The molecule has 3 N–H and O–H groups in total. The fraction of sp³-hybridized carbons (Fsp3) is 0.594. The third-order valence-corrected chi connectivity index (χ3v) is 8.93. The van der Waals surface area contributed by atoms with Gasteiger partial charge in [0.1, 0.15) is 5.78 Å². The Bertz CT molecular complexity index is 1360. The Hall–Kier alpha value is -2.71. The predicted molar refractivity (Wildman–Crippen MR) is 164 cm³/mol. The van der Waals surface area contributed by atoms with Gasteiger partial charge in [-0.2, -0.15) is 0 Å². The van der Waals surface area contributed by atoms with Crippen LogP contribution in [0.3, 0.4) is 0 Å². The SMILES string of the molecule is CC(C)(C)NC(=O)C(=O)[C@H](C[C@@H]1CCCC1=O)NC(=O)[C@@H](CC(=O)c1cc2c(Cl)cc(Cl)cc2[nH]1)CC1CCCCC1. The van der Waals surface area contributed by atoms with Crippen LogP contribution >= 0.6 is 23.2 Å². The lowest BCUT2D eigenvalue weighted by molar-refractivity contribution is -0.141. The van der Waals surface area contributed by atoms with Gasteiger partial charge in [0.05, 0.1) is 16.8 Å². The van der Waals surface area contributed by atoms with Crippen LogP contribution in [0.25, 0.3) is 10.9 Å². The highest BCUT2D eigenvalue weighted by atomic mass is 35.5. The number of halogens is 2. The molecule has 0 radical (unpaired) electrons. The molecule has 0 aliphatic heterocycles. The molecule has 2 aliphatic rings. The number of Topliss-reactive ketones (excluding diaryl/α,β-unsaturated/α-hetero) is 3. The molecule has 8 nitrogen and oxygen atoms in total. The molecular weight excluding hydrogens is 577 g/mol. The summed E-state index contributed by atoms with van der Waals surface area (Å²) in [5, 5.41) is 7.01. The summed E-state index contributed by atoms with van der Waals surface area (Å²) in [6.45, 7) is 5.30. The number of ketones is 3. The molecule has 42 heavy (non-hydrogen) atoms. The molecule has 0 unspecified atom stereocenters. The lowest BCUT2D eigenvalue weighted by Crippen LogP contribution is -2.53. The summed E-state index contributed by atoms with van der Waals surface area (Å²) >= 11 is 12.5. The minimum Gasteiger partial charge on any atom is -0.352 e. The van der Waals surface area contributed by atoms with Crippen molar-refractivity contribution in [3.05, 3.63) is 33.9 Å². The van der Waals surface area contributed by atoms with Crippen LogP contribution in [0.2, 0.25) is 10.0 Å². The topological polar surface area (TPSA) is 125 Å². The second-order valence-corrected chi connectivity index (χ2v) is 13.9. The Balaban J connectivity index is 1.56. The first-order valence-corrected chi connectivity index (χ1v) is 15.8. The van der Waals surface area contributed by atoms with Crippen LogP contribution in [0.1, 0.15) is 102 Å². The van der Waals surface area contributed by atoms with Crippen LogP contribution < -0.4 is 10.6 Å². The van der Waals surface area contributed by atoms with E-state index in [1.54, 1.807) is 39.0 Å². The van der Waals surface area contributed by atoms with E-state index in [2.05, 4.69) is 15.6 Å². The normalized spacial score (nSPS) is 19.5. The van der Waals surface area contributed by atoms with Crippen LogP contribution in [0.4, 0.5) is 0 Å². The van der Waals surface area contributed by atoms with Gasteiger partial charge in [-0.25, -0.2) is 0 Å². The lowest BCUT2D eigenvalue weighted by Gasteiger charge is -2.28. The molecule has 0 spiro atoms. The third-order valence-electron chi connectivity index (χ3n) is 8.39. The molecule has 1 aromatic carbocycles. The smallest absolute Gasteiger partial charge is 0.290 e. The van der Waals surface area contributed by atoms with Crippen LogP contribution in [-0.4, -0.2) is 45.7 Å². The number of rotatable bonds is 11.